The number of rotatable bonds is 6. The molecule has 0 saturated carbocycles. The van der Waals surface area contributed by atoms with Crippen molar-refractivity contribution < 1.29 is 10.2 Å². The molecule has 1 heterocycles. The van der Waals surface area contributed by atoms with Crippen LogP contribution in [0.5, 0.6) is 0 Å². The summed E-state index contributed by atoms with van der Waals surface area (Å²) in [7, 11) is 4.22. The van der Waals surface area contributed by atoms with E-state index in [1.165, 1.54) is 25.9 Å². The van der Waals surface area contributed by atoms with Gasteiger partial charge in [-0.1, -0.05) is 0 Å². The summed E-state index contributed by atoms with van der Waals surface area (Å²) in [6, 6.07) is 0.115. The Labute approximate surface area is 98.9 Å². The van der Waals surface area contributed by atoms with Gasteiger partial charge in [0, 0.05) is 19.2 Å². The second kappa shape index (κ2) is 7.22. The van der Waals surface area contributed by atoms with Crippen LogP contribution < -0.4 is 0 Å². The van der Waals surface area contributed by atoms with Gasteiger partial charge in [-0.3, -0.25) is 0 Å². The Morgan fingerprint density at radius 1 is 1.31 bits per heavy atom. The summed E-state index contributed by atoms with van der Waals surface area (Å²) in [4.78, 5) is 4.57. The predicted molar refractivity (Wildman–Crippen MR) is 65.4 cm³/mol. The van der Waals surface area contributed by atoms with E-state index in [0.717, 1.165) is 12.5 Å². The van der Waals surface area contributed by atoms with E-state index in [1.807, 2.05) is 0 Å². The Morgan fingerprint density at radius 2 is 1.94 bits per heavy atom. The minimum atomic E-state index is 0.115. The molecule has 0 amide bonds. The van der Waals surface area contributed by atoms with Crippen molar-refractivity contribution in [1.82, 2.24) is 9.80 Å². The molecule has 1 rings (SSSR count). The van der Waals surface area contributed by atoms with Crippen molar-refractivity contribution in [2.45, 2.75) is 25.3 Å². The molecule has 1 saturated heterocycles. The van der Waals surface area contributed by atoms with Crippen molar-refractivity contribution in [2.24, 2.45) is 5.92 Å². The van der Waals surface area contributed by atoms with Crippen molar-refractivity contribution in [3.8, 4) is 0 Å². The Bertz CT molecular complexity index is 182. The normalized spacial score (nSPS) is 21.6. The first-order valence-electron chi connectivity index (χ1n) is 6.28. The minimum Gasteiger partial charge on any atom is -0.396 e. The third-order valence-corrected chi connectivity index (χ3v) is 3.68. The van der Waals surface area contributed by atoms with Crippen LogP contribution in [0, 0.1) is 5.92 Å². The van der Waals surface area contributed by atoms with Crippen LogP contribution in [0.3, 0.4) is 0 Å². The molecule has 0 radical (unpaired) electrons. The molecule has 1 aliphatic rings. The van der Waals surface area contributed by atoms with Crippen LogP contribution in [0.15, 0.2) is 0 Å². The zero-order chi connectivity index (χ0) is 12.0. The van der Waals surface area contributed by atoms with E-state index in [-0.39, 0.29) is 19.3 Å². The fraction of sp³-hybridized carbons (Fsp3) is 1.00. The standard InChI is InChI=1S/C12H26N2O2/c1-13-6-3-11(4-7-13)9-14(2)12(10-16)5-8-15/h11-12,15-16H,3-10H2,1-2H3. The van der Waals surface area contributed by atoms with Gasteiger partial charge in [-0.05, 0) is 52.4 Å². The molecule has 1 atom stereocenters. The molecule has 0 aliphatic carbocycles. The lowest BCUT2D eigenvalue weighted by Gasteiger charge is -2.34. The summed E-state index contributed by atoms with van der Waals surface area (Å²) in [5, 5.41) is 18.2. The zero-order valence-electron chi connectivity index (χ0n) is 10.6. The lowest BCUT2D eigenvalue weighted by atomic mass is 9.96. The van der Waals surface area contributed by atoms with Gasteiger partial charge < -0.3 is 20.0 Å². The number of aliphatic hydroxyl groups excluding tert-OH is 2. The smallest absolute Gasteiger partial charge is 0.0587 e. The lowest BCUT2D eigenvalue weighted by molar-refractivity contribution is 0.0924. The molecule has 96 valence electrons. The summed E-state index contributed by atoms with van der Waals surface area (Å²) in [6.07, 6.45) is 3.16. The zero-order valence-corrected chi connectivity index (χ0v) is 10.6. The number of aliphatic hydroxyl groups is 2. The maximum absolute atomic E-state index is 9.24. The van der Waals surface area contributed by atoms with Gasteiger partial charge in [0.1, 0.15) is 0 Å². The first kappa shape index (κ1) is 13.9. The van der Waals surface area contributed by atoms with E-state index in [1.54, 1.807) is 0 Å². The first-order valence-corrected chi connectivity index (χ1v) is 6.28. The first-order chi connectivity index (χ1) is 7.67. The van der Waals surface area contributed by atoms with E-state index in [0.29, 0.717) is 6.42 Å². The van der Waals surface area contributed by atoms with Crippen LogP contribution in [0.25, 0.3) is 0 Å². The maximum Gasteiger partial charge on any atom is 0.0587 e. The largest absolute Gasteiger partial charge is 0.396 e. The number of likely N-dealkylation sites (tertiary alicyclic amines) is 1. The summed E-state index contributed by atoms with van der Waals surface area (Å²) >= 11 is 0. The average molecular weight is 230 g/mol. The molecule has 1 aliphatic heterocycles. The maximum atomic E-state index is 9.24. The van der Waals surface area contributed by atoms with Crippen LogP contribution in [0.1, 0.15) is 19.3 Å². The minimum absolute atomic E-state index is 0.115. The third-order valence-electron chi connectivity index (χ3n) is 3.68. The van der Waals surface area contributed by atoms with Gasteiger partial charge in [0.05, 0.1) is 6.61 Å². The number of hydrogen-bond donors (Lipinski definition) is 2. The van der Waals surface area contributed by atoms with Crippen LogP contribution in [0.4, 0.5) is 0 Å². The van der Waals surface area contributed by atoms with E-state index in [4.69, 9.17) is 5.11 Å². The summed E-state index contributed by atoms with van der Waals surface area (Å²) in [5.74, 6) is 0.744. The Morgan fingerprint density at radius 3 is 2.44 bits per heavy atom. The van der Waals surface area contributed by atoms with Gasteiger partial charge in [0.15, 0.2) is 0 Å². The van der Waals surface area contributed by atoms with Crippen molar-refractivity contribution in [3.05, 3.63) is 0 Å². The van der Waals surface area contributed by atoms with Gasteiger partial charge >= 0.3 is 0 Å². The molecule has 2 N–H and O–H groups in total. The molecule has 1 unspecified atom stereocenters. The third kappa shape index (κ3) is 4.37. The van der Waals surface area contributed by atoms with Crippen molar-refractivity contribution in [2.75, 3.05) is 46.9 Å². The van der Waals surface area contributed by atoms with Crippen LogP contribution in [0.2, 0.25) is 0 Å². The number of nitrogens with zero attached hydrogens (tertiary/aromatic N) is 2. The number of likely N-dealkylation sites (N-methyl/N-ethyl adjacent to an activating group) is 1. The SMILES string of the molecule is CN1CCC(CN(C)C(CO)CCO)CC1. The van der Waals surface area contributed by atoms with Crippen LogP contribution in [-0.2, 0) is 0 Å². The molecule has 0 aromatic heterocycles. The van der Waals surface area contributed by atoms with Gasteiger partial charge in [-0.15, -0.1) is 0 Å². The summed E-state index contributed by atoms with van der Waals surface area (Å²) < 4.78 is 0. The Hall–Kier alpha value is -0.160. The molecule has 4 nitrogen and oxygen atoms in total. The molecule has 16 heavy (non-hydrogen) atoms. The average Bonchev–Trinajstić information content (AvgIpc) is 2.29. The van der Waals surface area contributed by atoms with E-state index in [2.05, 4.69) is 23.9 Å². The van der Waals surface area contributed by atoms with Crippen molar-refractivity contribution in [3.63, 3.8) is 0 Å². The Kier molecular flexibility index (Phi) is 6.28. The van der Waals surface area contributed by atoms with Crippen LogP contribution >= 0.6 is 0 Å². The van der Waals surface area contributed by atoms with Gasteiger partial charge in [0.25, 0.3) is 0 Å². The highest BCUT2D eigenvalue weighted by Crippen LogP contribution is 2.18. The lowest BCUT2D eigenvalue weighted by Crippen LogP contribution is -2.41. The van der Waals surface area contributed by atoms with E-state index < -0.39 is 0 Å². The van der Waals surface area contributed by atoms with E-state index in [9.17, 15) is 5.11 Å². The highest BCUT2D eigenvalue weighted by Gasteiger charge is 2.21. The molecular formula is C12H26N2O2. The quantitative estimate of drug-likeness (QED) is 0.674. The highest BCUT2D eigenvalue weighted by molar-refractivity contribution is 4.75. The van der Waals surface area contributed by atoms with E-state index >= 15 is 0 Å². The molecule has 0 aromatic rings. The Balaban J connectivity index is 2.29. The van der Waals surface area contributed by atoms with Gasteiger partial charge in [0.2, 0.25) is 0 Å². The predicted octanol–water partition coefficient (Wildman–Crippen LogP) is 0.00330. The second-order valence-corrected chi connectivity index (χ2v) is 5.03. The summed E-state index contributed by atoms with van der Waals surface area (Å²) in [5.41, 5.74) is 0. The number of piperidine rings is 1. The molecule has 4 heteroatoms. The van der Waals surface area contributed by atoms with Crippen LogP contribution in [-0.4, -0.2) is 73.0 Å². The molecule has 1 fully saturated rings. The van der Waals surface area contributed by atoms with Crippen molar-refractivity contribution >= 4 is 0 Å². The molecule has 0 aromatic carbocycles. The second-order valence-electron chi connectivity index (χ2n) is 5.03. The van der Waals surface area contributed by atoms with Crippen molar-refractivity contribution in [1.29, 1.82) is 0 Å². The van der Waals surface area contributed by atoms with Gasteiger partial charge in [-0.25, -0.2) is 0 Å². The number of hydrogen-bond acceptors (Lipinski definition) is 4. The topological polar surface area (TPSA) is 46.9 Å². The monoisotopic (exact) mass is 230 g/mol. The molecule has 0 spiro atoms. The molecule has 0 bridgehead atoms. The summed E-state index contributed by atoms with van der Waals surface area (Å²) in [6.45, 7) is 3.70. The highest BCUT2D eigenvalue weighted by atomic mass is 16.3. The fourth-order valence-corrected chi connectivity index (χ4v) is 2.40. The molecular weight excluding hydrogens is 204 g/mol. The van der Waals surface area contributed by atoms with Gasteiger partial charge in [-0.2, -0.15) is 0 Å². The fourth-order valence-electron chi connectivity index (χ4n) is 2.40.